The van der Waals surface area contributed by atoms with Crippen LogP contribution in [0.15, 0.2) is 0 Å². The fourth-order valence-electron chi connectivity index (χ4n) is 2.25. The molecule has 1 N–H and O–H groups in total. The molecule has 0 saturated carbocycles. The molecule has 100 valence electrons. The van der Waals surface area contributed by atoms with E-state index in [9.17, 15) is 4.79 Å². The van der Waals surface area contributed by atoms with Gasteiger partial charge in [-0.15, -0.1) is 0 Å². The van der Waals surface area contributed by atoms with Crippen molar-refractivity contribution in [3.05, 3.63) is 0 Å². The van der Waals surface area contributed by atoms with Gasteiger partial charge in [-0.3, -0.25) is 4.79 Å². The van der Waals surface area contributed by atoms with Crippen molar-refractivity contribution in [2.75, 3.05) is 26.2 Å². The Balaban J connectivity index is 2.09. The molecule has 1 fully saturated rings. The van der Waals surface area contributed by atoms with Gasteiger partial charge in [0, 0.05) is 19.6 Å². The van der Waals surface area contributed by atoms with Crippen LogP contribution in [0.4, 0.5) is 0 Å². The summed E-state index contributed by atoms with van der Waals surface area (Å²) >= 11 is 0. The van der Waals surface area contributed by atoms with Gasteiger partial charge in [0.2, 0.25) is 0 Å². The Labute approximate surface area is 104 Å². The smallest absolute Gasteiger partial charge is 0.303 e. The van der Waals surface area contributed by atoms with Crippen LogP contribution in [0.2, 0.25) is 0 Å². The number of unbranched alkanes of at least 4 members (excludes halogenated alkanes) is 1. The zero-order valence-electron chi connectivity index (χ0n) is 10.9. The number of rotatable bonds is 8. The molecule has 1 aliphatic heterocycles. The zero-order valence-corrected chi connectivity index (χ0v) is 10.9. The molecule has 0 radical (unpaired) electrons. The molecule has 1 aliphatic rings. The van der Waals surface area contributed by atoms with E-state index in [0.717, 1.165) is 45.5 Å². The molecular weight excluding hydrogens is 218 g/mol. The van der Waals surface area contributed by atoms with Gasteiger partial charge in [-0.25, -0.2) is 0 Å². The van der Waals surface area contributed by atoms with Crippen LogP contribution < -0.4 is 0 Å². The van der Waals surface area contributed by atoms with E-state index >= 15 is 0 Å². The lowest BCUT2D eigenvalue weighted by Crippen LogP contribution is -2.40. The maximum absolute atomic E-state index is 10.4. The van der Waals surface area contributed by atoms with Crippen molar-refractivity contribution in [1.29, 1.82) is 0 Å². The third kappa shape index (κ3) is 6.64. The molecule has 4 heteroatoms. The van der Waals surface area contributed by atoms with Crippen LogP contribution in [0, 0.1) is 0 Å². The van der Waals surface area contributed by atoms with Crippen LogP contribution in [0.1, 0.15) is 45.4 Å². The molecule has 17 heavy (non-hydrogen) atoms. The Kier molecular flexibility index (Phi) is 7.21. The van der Waals surface area contributed by atoms with E-state index in [4.69, 9.17) is 9.84 Å². The summed E-state index contributed by atoms with van der Waals surface area (Å²) in [5, 5.41) is 8.56. The predicted octanol–water partition coefficient (Wildman–Crippen LogP) is 2.13. The highest BCUT2D eigenvalue weighted by Crippen LogP contribution is 2.14. The van der Waals surface area contributed by atoms with Gasteiger partial charge in [-0.1, -0.05) is 6.92 Å². The SMILES string of the molecule is CCCOC1CCCN(CCCCC(=O)O)C1. The van der Waals surface area contributed by atoms with E-state index < -0.39 is 5.97 Å². The van der Waals surface area contributed by atoms with E-state index in [-0.39, 0.29) is 0 Å². The molecule has 0 spiro atoms. The topological polar surface area (TPSA) is 49.8 Å². The first kappa shape index (κ1) is 14.5. The summed E-state index contributed by atoms with van der Waals surface area (Å²) in [6.07, 6.45) is 5.90. The highest BCUT2D eigenvalue weighted by molar-refractivity contribution is 5.66. The molecule has 4 nitrogen and oxygen atoms in total. The second-order valence-electron chi connectivity index (χ2n) is 4.79. The number of carboxylic acids is 1. The third-order valence-electron chi connectivity index (χ3n) is 3.13. The quantitative estimate of drug-likeness (QED) is 0.663. The first-order chi connectivity index (χ1) is 8.22. The first-order valence-corrected chi connectivity index (χ1v) is 6.78. The van der Waals surface area contributed by atoms with Crippen LogP contribution in [-0.2, 0) is 9.53 Å². The van der Waals surface area contributed by atoms with Crippen molar-refractivity contribution < 1.29 is 14.6 Å². The van der Waals surface area contributed by atoms with Crippen LogP contribution in [0.3, 0.4) is 0 Å². The molecule has 1 rings (SSSR count). The van der Waals surface area contributed by atoms with E-state index in [0.29, 0.717) is 12.5 Å². The average molecular weight is 243 g/mol. The van der Waals surface area contributed by atoms with Gasteiger partial charge in [0.15, 0.2) is 0 Å². The zero-order chi connectivity index (χ0) is 12.5. The summed E-state index contributed by atoms with van der Waals surface area (Å²) in [4.78, 5) is 12.8. The van der Waals surface area contributed by atoms with Gasteiger partial charge in [-0.05, 0) is 45.2 Å². The molecule has 1 unspecified atom stereocenters. The maximum Gasteiger partial charge on any atom is 0.303 e. The van der Waals surface area contributed by atoms with Crippen LogP contribution in [0.5, 0.6) is 0 Å². The number of hydrogen-bond donors (Lipinski definition) is 1. The fraction of sp³-hybridized carbons (Fsp3) is 0.923. The molecule has 0 aromatic heterocycles. The predicted molar refractivity (Wildman–Crippen MR) is 67.2 cm³/mol. The number of carbonyl (C=O) groups is 1. The molecule has 0 amide bonds. The van der Waals surface area contributed by atoms with E-state index in [1.165, 1.54) is 12.8 Å². The van der Waals surface area contributed by atoms with Gasteiger partial charge >= 0.3 is 5.97 Å². The Hall–Kier alpha value is -0.610. The number of ether oxygens (including phenoxy) is 1. The summed E-state index contributed by atoms with van der Waals surface area (Å²) < 4.78 is 5.77. The monoisotopic (exact) mass is 243 g/mol. The van der Waals surface area contributed by atoms with Gasteiger partial charge in [0.05, 0.1) is 6.10 Å². The van der Waals surface area contributed by atoms with Crippen molar-refractivity contribution in [1.82, 2.24) is 4.90 Å². The van der Waals surface area contributed by atoms with E-state index in [2.05, 4.69) is 11.8 Å². The van der Waals surface area contributed by atoms with E-state index in [1.807, 2.05) is 0 Å². The van der Waals surface area contributed by atoms with Crippen LogP contribution in [0.25, 0.3) is 0 Å². The van der Waals surface area contributed by atoms with Crippen molar-refractivity contribution in [2.45, 2.75) is 51.6 Å². The first-order valence-electron chi connectivity index (χ1n) is 6.78. The van der Waals surface area contributed by atoms with Crippen LogP contribution in [-0.4, -0.2) is 48.3 Å². The second kappa shape index (κ2) is 8.48. The van der Waals surface area contributed by atoms with Gasteiger partial charge < -0.3 is 14.7 Å². The molecule has 0 aliphatic carbocycles. The fourth-order valence-corrected chi connectivity index (χ4v) is 2.25. The average Bonchev–Trinajstić information content (AvgIpc) is 2.32. The van der Waals surface area contributed by atoms with Gasteiger partial charge in [0.25, 0.3) is 0 Å². The molecule has 0 aromatic rings. The number of aliphatic carboxylic acids is 1. The third-order valence-corrected chi connectivity index (χ3v) is 3.13. The lowest BCUT2D eigenvalue weighted by atomic mass is 10.1. The molecule has 1 saturated heterocycles. The minimum atomic E-state index is -0.687. The summed E-state index contributed by atoms with van der Waals surface area (Å²) in [6.45, 7) is 6.16. The second-order valence-corrected chi connectivity index (χ2v) is 4.79. The summed E-state index contributed by atoms with van der Waals surface area (Å²) in [5.74, 6) is -0.687. The van der Waals surface area contributed by atoms with Gasteiger partial charge in [-0.2, -0.15) is 0 Å². The van der Waals surface area contributed by atoms with Crippen LogP contribution >= 0.6 is 0 Å². The normalized spacial score (nSPS) is 21.6. The highest BCUT2D eigenvalue weighted by Gasteiger charge is 2.19. The Morgan fingerprint density at radius 2 is 2.29 bits per heavy atom. The maximum atomic E-state index is 10.4. The van der Waals surface area contributed by atoms with Gasteiger partial charge in [0.1, 0.15) is 0 Å². The Bertz CT molecular complexity index is 221. The summed E-state index contributed by atoms with van der Waals surface area (Å²) in [7, 11) is 0. The van der Waals surface area contributed by atoms with Crippen molar-refractivity contribution >= 4 is 5.97 Å². The lowest BCUT2D eigenvalue weighted by Gasteiger charge is -2.32. The minimum absolute atomic E-state index is 0.295. The van der Waals surface area contributed by atoms with E-state index in [1.54, 1.807) is 0 Å². The molecule has 1 atom stereocenters. The summed E-state index contributed by atoms with van der Waals surface area (Å²) in [6, 6.07) is 0. The van der Waals surface area contributed by atoms with Crippen molar-refractivity contribution in [2.24, 2.45) is 0 Å². The molecule has 1 heterocycles. The number of piperidine rings is 1. The number of carboxylic acid groups (broad SMARTS) is 1. The van der Waals surface area contributed by atoms with Crippen molar-refractivity contribution in [3.8, 4) is 0 Å². The van der Waals surface area contributed by atoms with Crippen molar-refractivity contribution in [3.63, 3.8) is 0 Å². The number of hydrogen-bond acceptors (Lipinski definition) is 3. The molecule has 0 aromatic carbocycles. The largest absolute Gasteiger partial charge is 0.481 e. The standard InChI is InChI=1S/C13H25NO3/c1-2-10-17-12-6-5-9-14(11-12)8-4-3-7-13(15)16/h12H,2-11H2,1H3,(H,15,16). The lowest BCUT2D eigenvalue weighted by molar-refractivity contribution is -0.137. The molecule has 0 bridgehead atoms. The highest BCUT2D eigenvalue weighted by atomic mass is 16.5. The summed E-state index contributed by atoms with van der Waals surface area (Å²) in [5.41, 5.74) is 0. The Morgan fingerprint density at radius 1 is 1.47 bits per heavy atom. The number of likely N-dealkylation sites (tertiary alicyclic amines) is 1. The molecular formula is C13H25NO3. The Morgan fingerprint density at radius 3 is 3.00 bits per heavy atom. The minimum Gasteiger partial charge on any atom is -0.481 e. The number of nitrogens with zero attached hydrogens (tertiary/aromatic N) is 1.